The van der Waals surface area contributed by atoms with Gasteiger partial charge in [-0.15, -0.1) is 11.3 Å². The predicted octanol–water partition coefficient (Wildman–Crippen LogP) is 2.41. The van der Waals surface area contributed by atoms with E-state index in [0.717, 1.165) is 29.0 Å². The highest BCUT2D eigenvalue weighted by molar-refractivity contribution is 7.12. The molecule has 1 aliphatic rings. The largest absolute Gasteiger partial charge is 0.338 e. The molecule has 0 aliphatic carbocycles. The van der Waals surface area contributed by atoms with Crippen molar-refractivity contribution < 1.29 is 4.79 Å². The molecule has 1 aliphatic heterocycles. The van der Waals surface area contributed by atoms with E-state index < -0.39 is 0 Å². The van der Waals surface area contributed by atoms with E-state index in [4.69, 9.17) is 0 Å². The van der Waals surface area contributed by atoms with Gasteiger partial charge in [-0.25, -0.2) is 9.50 Å². The molecule has 0 bridgehead atoms. The van der Waals surface area contributed by atoms with Crippen LogP contribution in [0.4, 0.5) is 0 Å². The van der Waals surface area contributed by atoms with Crippen molar-refractivity contribution >= 4 is 22.9 Å². The monoisotopic (exact) mass is 342 g/mol. The van der Waals surface area contributed by atoms with Gasteiger partial charge in [0.1, 0.15) is 0 Å². The van der Waals surface area contributed by atoms with Gasteiger partial charge in [0.05, 0.1) is 10.6 Å². The van der Waals surface area contributed by atoms with Crippen LogP contribution in [0.25, 0.3) is 5.65 Å². The van der Waals surface area contributed by atoms with Crippen LogP contribution in [0, 0.1) is 6.92 Å². The smallest absolute Gasteiger partial charge is 0.272 e. The summed E-state index contributed by atoms with van der Waals surface area (Å²) in [6.45, 7) is 3.38. The van der Waals surface area contributed by atoms with E-state index in [2.05, 4.69) is 10.1 Å². The van der Waals surface area contributed by atoms with Crippen molar-refractivity contribution in [2.24, 2.45) is 0 Å². The molecule has 4 heterocycles. The molecule has 3 aromatic heterocycles. The Kier molecular flexibility index (Phi) is 3.72. The van der Waals surface area contributed by atoms with Crippen molar-refractivity contribution in [2.75, 3.05) is 13.1 Å². The lowest BCUT2D eigenvalue weighted by Gasteiger charge is -2.31. The molecule has 7 heteroatoms. The molecule has 0 radical (unpaired) electrons. The number of likely N-dealkylation sites (tertiary alicyclic amines) is 1. The van der Waals surface area contributed by atoms with Gasteiger partial charge in [-0.1, -0.05) is 0 Å². The summed E-state index contributed by atoms with van der Waals surface area (Å²) >= 11 is 1.50. The van der Waals surface area contributed by atoms with Crippen molar-refractivity contribution in [3.05, 3.63) is 56.3 Å². The van der Waals surface area contributed by atoms with Gasteiger partial charge in [0.2, 0.25) is 0 Å². The van der Waals surface area contributed by atoms with Gasteiger partial charge >= 0.3 is 0 Å². The summed E-state index contributed by atoms with van der Waals surface area (Å²) in [6.07, 6.45) is 3.38. The lowest BCUT2D eigenvalue weighted by atomic mass is 9.93. The minimum absolute atomic E-state index is 0.0901. The molecule has 6 nitrogen and oxygen atoms in total. The summed E-state index contributed by atoms with van der Waals surface area (Å²) in [5.41, 5.74) is 2.43. The maximum Gasteiger partial charge on any atom is 0.272 e. The highest BCUT2D eigenvalue weighted by Gasteiger charge is 2.27. The second-order valence-electron chi connectivity index (χ2n) is 6.17. The van der Waals surface area contributed by atoms with E-state index in [1.807, 2.05) is 23.3 Å². The molecule has 0 unspecified atom stereocenters. The fourth-order valence-electron chi connectivity index (χ4n) is 3.27. The first-order valence-electron chi connectivity index (χ1n) is 8.04. The number of aryl methyl sites for hydroxylation is 1. The predicted molar refractivity (Wildman–Crippen MR) is 92.7 cm³/mol. The second kappa shape index (κ2) is 5.90. The highest BCUT2D eigenvalue weighted by Crippen LogP contribution is 2.28. The zero-order chi connectivity index (χ0) is 16.7. The summed E-state index contributed by atoms with van der Waals surface area (Å²) in [4.78, 5) is 32.0. The van der Waals surface area contributed by atoms with Crippen LogP contribution in [0.2, 0.25) is 0 Å². The molecule has 1 saturated heterocycles. The minimum Gasteiger partial charge on any atom is -0.338 e. The standard InChI is InChI=1S/C17H18N4O2S/c1-11-5-9-24-16(11)17(23)20-7-3-12(4-8-20)13-10-15(22)21-14(19-13)2-6-18-21/h2,5-6,9-10,12,18H,3-4,7-8H2,1H3. The van der Waals surface area contributed by atoms with Gasteiger partial charge in [-0.05, 0) is 36.8 Å². The van der Waals surface area contributed by atoms with Gasteiger partial charge in [0.15, 0.2) is 5.65 Å². The zero-order valence-electron chi connectivity index (χ0n) is 13.4. The van der Waals surface area contributed by atoms with E-state index in [0.29, 0.717) is 18.7 Å². The minimum atomic E-state index is -0.0901. The average molecular weight is 342 g/mol. The van der Waals surface area contributed by atoms with Crippen molar-refractivity contribution in [1.29, 1.82) is 0 Å². The van der Waals surface area contributed by atoms with E-state index in [-0.39, 0.29) is 17.4 Å². The Morgan fingerprint density at radius 3 is 2.83 bits per heavy atom. The number of aromatic amines is 1. The van der Waals surface area contributed by atoms with E-state index in [1.54, 1.807) is 18.3 Å². The SMILES string of the molecule is Cc1ccsc1C(=O)N1CCC(c2cc(=O)n3[nH]ccc3n2)CC1. The molecule has 0 saturated carbocycles. The topological polar surface area (TPSA) is 70.5 Å². The maximum absolute atomic E-state index is 12.6. The summed E-state index contributed by atoms with van der Waals surface area (Å²) in [5.74, 6) is 0.348. The molecular weight excluding hydrogens is 324 g/mol. The number of nitrogens with one attached hydrogen (secondary N) is 1. The Morgan fingerprint density at radius 2 is 2.12 bits per heavy atom. The number of carbonyl (C=O) groups excluding carboxylic acids is 1. The van der Waals surface area contributed by atoms with Gasteiger partial charge < -0.3 is 4.90 Å². The van der Waals surface area contributed by atoms with Crippen molar-refractivity contribution in [2.45, 2.75) is 25.7 Å². The van der Waals surface area contributed by atoms with Gasteiger partial charge in [0.25, 0.3) is 11.5 Å². The zero-order valence-corrected chi connectivity index (χ0v) is 14.2. The lowest BCUT2D eigenvalue weighted by Crippen LogP contribution is -2.38. The maximum atomic E-state index is 12.6. The van der Waals surface area contributed by atoms with Gasteiger partial charge in [-0.3, -0.25) is 14.7 Å². The number of amides is 1. The van der Waals surface area contributed by atoms with Crippen LogP contribution in [0.3, 0.4) is 0 Å². The van der Waals surface area contributed by atoms with Crippen molar-refractivity contribution in [3.8, 4) is 0 Å². The molecule has 0 atom stereocenters. The molecule has 124 valence electrons. The first-order valence-corrected chi connectivity index (χ1v) is 8.92. The number of H-pyrrole nitrogens is 1. The molecule has 4 rings (SSSR count). The number of hydrogen-bond acceptors (Lipinski definition) is 4. The number of piperidine rings is 1. The van der Waals surface area contributed by atoms with Gasteiger partial charge in [0, 0.05) is 37.3 Å². The number of fused-ring (bicyclic) bond motifs is 1. The van der Waals surface area contributed by atoms with E-state index >= 15 is 0 Å². The number of aromatic nitrogens is 3. The third kappa shape index (κ3) is 2.54. The average Bonchev–Trinajstić information content (AvgIpc) is 3.23. The number of thiophene rings is 1. The Balaban J connectivity index is 1.50. The third-order valence-corrected chi connectivity index (χ3v) is 5.66. The van der Waals surface area contributed by atoms with Crippen LogP contribution in [0.5, 0.6) is 0 Å². The Labute approximate surface area is 142 Å². The molecule has 0 aromatic carbocycles. The molecule has 24 heavy (non-hydrogen) atoms. The fourth-order valence-corrected chi connectivity index (χ4v) is 4.16. The fraction of sp³-hybridized carbons (Fsp3) is 0.353. The van der Waals surface area contributed by atoms with Crippen LogP contribution < -0.4 is 5.56 Å². The third-order valence-electron chi connectivity index (χ3n) is 4.66. The lowest BCUT2D eigenvalue weighted by molar-refractivity contribution is 0.0716. The molecule has 1 fully saturated rings. The van der Waals surface area contributed by atoms with Crippen molar-refractivity contribution in [3.63, 3.8) is 0 Å². The molecule has 1 amide bonds. The molecular formula is C17H18N4O2S. The van der Waals surface area contributed by atoms with Crippen LogP contribution in [0.15, 0.2) is 34.6 Å². The first-order chi connectivity index (χ1) is 11.6. The van der Waals surface area contributed by atoms with Crippen molar-refractivity contribution in [1.82, 2.24) is 19.5 Å². The first kappa shape index (κ1) is 15.1. The normalized spacial score (nSPS) is 16.0. The Bertz CT molecular complexity index is 947. The van der Waals surface area contributed by atoms with E-state index in [1.165, 1.54) is 15.9 Å². The Hall–Kier alpha value is -2.41. The highest BCUT2D eigenvalue weighted by atomic mass is 32.1. The van der Waals surface area contributed by atoms with Gasteiger partial charge in [-0.2, -0.15) is 0 Å². The second-order valence-corrected chi connectivity index (χ2v) is 7.09. The Morgan fingerprint density at radius 1 is 1.33 bits per heavy atom. The summed E-state index contributed by atoms with van der Waals surface area (Å²) in [5, 5.41) is 4.81. The molecule has 3 aromatic rings. The van der Waals surface area contributed by atoms with Crippen LogP contribution in [0.1, 0.15) is 39.7 Å². The summed E-state index contributed by atoms with van der Waals surface area (Å²) < 4.78 is 1.43. The van der Waals surface area contributed by atoms with Crippen LogP contribution in [-0.2, 0) is 0 Å². The quantitative estimate of drug-likeness (QED) is 0.777. The number of hydrogen-bond donors (Lipinski definition) is 1. The summed E-state index contributed by atoms with van der Waals surface area (Å²) in [6, 6.07) is 5.38. The molecule has 1 N–H and O–H groups in total. The van der Waals surface area contributed by atoms with E-state index in [9.17, 15) is 9.59 Å². The number of nitrogens with zero attached hydrogens (tertiary/aromatic N) is 3. The molecule has 0 spiro atoms. The van der Waals surface area contributed by atoms with Crippen LogP contribution >= 0.6 is 11.3 Å². The summed E-state index contributed by atoms with van der Waals surface area (Å²) in [7, 11) is 0. The number of carbonyl (C=O) groups is 1. The number of rotatable bonds is 2. The van der Waals surface area contributed by atoms with Crippen LogP contribution in [-0.4, -0.2) is 38.5 Å².